The second-order valence-electron chi connectivity index (χ2n) is 3.02. The molecule has 5 nitrogen and oxygen atoms in total. The SMILES string of the molecule is COc1ccc(-c2n[nH]c(Cl)n2)cc1OC. The topological polar surface area (TPSA) is 60.0 Å². The summed E-state index contributed by atoms with van der Waals surface area (Å²) in [4.78, 5) is 4.01. The molecule has 0 saturated heterocycles. The van der Waals surface area contributed by atoms with Crippen LogP contribution in [0, 0.1) is 0 Å². The summed E-state index contributed by atoms with van der Waals surface area (Å²) in [6, 6.07) is 5.41. The smallest absolute Gasteiger partial charge is 0.218 e. The van der Waals surface area contributed by atoms with Crippen LogP contribution in [0.2, 0.25) is 5.28 Å². The van der Waals surface area contributed by atoms with Crippen LogP contribution in [0.4, 0.5) is 0 Å². The van der Waals surface area contributed by atoms with Crippen LogP contribution in [0.15, 0.2) is 18.2 Å². The van der Waals surface area contributed by atoms with E-state index < -0.39 is 0 Å². The minimum atomic E-state index is 0.254. The van der Waals surface area contributed by atoms with Crippen LogP contribution in [0.5, 0.6) is 11.5 Å². The highest BCUT2D eigenvalue weighted by Crippen LogP contribution is 2.31. The third-order valence-corrected chi connectivity index (χ3v) is 2.27. The van der Waals surface area contributed by atoms with Crippen molar-refractivity contribution in [3.8, 4) is 22.9 Å². The lowest BCUT2D eigenvalue weighted by Gasteiger charge is -2.07. The Morgan fingerprint density at radius 2 is 1.94 bits per heavy atom. The summed E-state index contributed by atoms with van der Waals surface area (Å²) in [7, 11) is 3.16. The van der Waals surface area contributed by atoms with Crippen molar-refractivity contribution in [3.63, 3.8) is 0 Å². The molecule has 0 radical (unpaired) electrons. The van der Waals surface area contributed by atoms with Crippen molar-refractivity contribution in [3.05, 3.63) is 23.5 Å². The average Bonchev–Trinajstić information content (AvgIpc) is 2.75. The Morgan fingerprint density at radius 3 is 2.50 bits per heavy atom. The number of benzene rings is 1. The Balaban J connectivity index is 2.43. The molecule has 0 aliphatic carbocycles. The monoisotopic (exact) mass is 239 g/mol. The zero-order chi connectivity index (χ0) is 11.5. The van der Waals surface area contributed by atoms with Gasteiger partial charge in [0.1, 0.15) is 0 Å². The van der Waals surface area contributed by atoms with Crippen LogP contribution >= 0.6 is 11.6 Å². The quantitative estimate of drug-likeness (QED) is 0.892. The fourth-order valence-corrected chi connectivity index (χ4v) is 1.47. The van der Waals surface area contributed by atoms with E-state index in [1.165, 1.54) is 0 Å². The van der Waals surface area contributed by atoms with Gasteiger partial charge in [-0.1, -0.05) is 0 Å². The molecule has 6 heteroatoms. The van der Waals surface area contributed by atoms with Gasteiger partial charge in [-0.05, 0) is 29.8 Å². The van der Waals surface area contributed by atoms with Gasteiger partial charge in [-0.25, -0.2) is 5.10 Å². The number of nitrogens with one attached hydrogen (secondary N) is 1. The second-order valence-corrected chi connectivity index (χ2v) is 3.38. The maximum atomic E-state index is 5.66. The van der Waals surface area contributed by atoms with E-state index in [0.29, 0.717) is 17.3 Å². The van der Waals surface area contributed by atoms with Crippen molar-refractivity contribution < 1.29 is 9.47 Å². The summed E-state index contributed by atoms with van der Waals surface area (Å²) in [5.74, 6) is 1.81. The summed E-state index contributed by atoms with van der Waals surface area (Å²) in [5.41, 5.74) is 0.806. The molecule has 0 fully saturated rings. The molecule has 0 saturated carbocycles. The predicted molar refractivity (Wildman–Crippen MR) is 59.9 cm³/mol. The highest BCUT2D eigenvalue weighted by Gasteiger charge is 2.09. The number of ether oxygens (including phenoxy) is 2. The fraction of sp³-hybridized carbons (Fsp3) is 0.200. The molecule has 0 amide bonds. The summed E-state index contributed by atoms with van der Waals surface area (Å²) < 4.78 is 10.3. The van der Waals surface area contributed by atoms with Crippen LogP contribution in [-0.4, -0.2) is 29.4 Å². The van der Waals surface area contributed by atoms with Gasteiger partial charge in [0, 0.05) is 5.56 Å². The van der Waals surface area contributed by atoms with E-state index >= 15 is 0 Å². The van der Waals surface area contributed by atoms with Gasteiger partial charge in [-0.15, -0.1) is 0 Å². The summed E-state index contributed by atoms with van der Waals surface area (Å²) in [5, 5.41) is 6.77. The first kappa shape index (κ1) is 10.8. The zero-order valence-corrected chi connectivity index (χ0v) is 9.58. The van der Waals surface area contributed by atoms with Crippen LogP contribution in [0.25, 0.3) is 11.4 Å². The van der Waals surface area contributed by atoms with E-state index in [-0.39, 0.29) is 5.28 Å². The number of aromatic nitrogens is 3. The van der Waals surface area contributed by atoms with Gasteiger partial charge in [0.2, 0.25) is 5.28 Å². The lowest BCUT2D eigenvalue weighted by Crippen LogP contribution is -1.91. The minimum absolute atomic E-state index is 0.254. The maximum absolute atomic E-state index is 5.66. The zero-order valence-electron chi connectivity index (χ0n) is 8.82. The first-order valence-electron chi connectivity index (χ1n) is 4.55. The number of rotatable bonds is 3. The molecule has 16 heavy (non-hydrogen) atoms. The lowest BCUT2D eigenvalue weighted by molar-refractivity contribution is 0.355. The molecule has 0 spiro atoms. The van der Waals surface area contributed by atoms with Crippen LogP contribution in [0.3, 0.4) is 0 Å². The molecule has 2 aromatic rings. The largest absolute Gasteiger partial charge is 0.493 e. The van der Waals surface area contributed by atoms with E-state index in [9.17, 15) is 0 Å². The van der Waals surface area contributed by atoms with Gasteiger partial charge >= 0.3 is 0 Å². The van der Waals surface area contributed by atoms with Gasteiger partial charge in [0.15, 0.2) is 17.3 Å². The number of nitrogens with zero attached hydrogens (tertiary/aromatic N) is 2. The van der Waals surface area contributed by atoms with Crippen molar-refractivity contribution >= 4 is 11.6 Å². The molecular formula is C10H10ClN3O2. The molecular weight excluding hydrogens is 230 g/mol. The maximum Gasteiger partial charge on any atom is 0.218 e. The number of methoxy groups -OCH3 is 2. The molecule has 1 N–H and O–H groups in total. The normalized spacial score (nSPS) is 10.2. The highest BCUT2D eigenvalue weighted by molar-refractivity contribution is 6.28. The van der Waals surface area contributed by atoms with Crippen molar-refractivity contribution in [2.75, 3.05) is 14.2 Å². The molecule has 0 bridgehead atoms. The van der Waals surface area contributed by atoms with Gasteiger partial charge in [-0.2, -0.15) is 10.1 Å². The highest BCUT2D eigenvalue weighted by atomic mass is 35.5. The summed E-state index contributed by atoms with van der Waals surface area (Å²) in [6.07, 6.45) is 0. The molecule has 0 aliphatic rings. The van der Waals surface area contributed by atoms with E-state index in [1.807, 2.05) is 6.07 Å². The molecule has 1 heterocycles. The second kappa shape index (κ2) is 4.40. The number of hydrogen-bond donors (Lipinski definition) is 1. The van der Waals surface area contributed by atoms with Gasteiger partial charge in [-0.3, -0.25) is 0 Å². The standard InChI is InChI=1S/C10H10ClN3O2/c1-15-7-4-3-6(5-8(7)16-2)9-12-10(11)14-13-9/h3-5H,1-2H3,(H,12,13,14). The Kier molecular flexibility index (Phi) is 2.96. The Labute approximate surface area is 97.4 Å². The van der Waals surface area contributed by atoms with Gasteiger partial charge in [0.25, 0.3) is 0 Å². The predicted octanol–water partition coefficient (Wildman–Crippen LogP) is 2.14. The Morgan fingerprint density at radius 1 is 1.19 bits per heavy atom. The fourth-order valence-electron chi connectivity index (χ4n) is 1.35. The molecule has 84 valence electrons. The minimum Gasteiger partial charge on any atom is -0.493 e. The number of hydrogen-bond acceptors (Lipinski definition) is 4. The lowest BCUT2D eigenvalue weighted by atomic mass is 10.2. The van der Waals surface area contributed by atoms with Crippen LogP contribution < -0.4 is 9.47 Å². The van der Waals surface area contributed by atoms with Gasteiger partial charge in [0.05, 0.1) is 14.2 Å². The van der Waals surface area contributed by atoms with Crippen molar-refractivity contribution in [2.45, 2.75) is 0 Å². The van der Waals surface area contributed by atoms with Crippen molar-refractivity contribution in [2.24, 2.45) is 0 Å². The Hall–Kier alpha value is -1.75. The molecule has 0 unspecified atom stereocenters. The van der Waals surface area contributed by atoms with Crippen LogP contribution in [0.1, 0.15) is 0 Å². The first-order chi connectivity index (χ1) is 7.74. The van der Waals surface area contributed by atoms with Crippen molar-refractivity contribution in [1.29, 1.82) is 0 Å². The molecule has 0 atom stereocenters. The molecule has 1 aromatic heterocycles. The Bertz CT molecular complexity index is 499. The third-order valence-electron chi connectivity index (χ3n) is 2.10. The van der Waals surface area contributed by atoms with E-state index in [2.05, 4.69) is 15.2 Å². The van der Waals surface area contributed by atoms with Crippen LogP contribution in [-0.2, 0) is 0 Å². The summed E-state index contributed by atoms with van der Waals surface area (Å²) >= 11 is 5.66. The van der Waals surface area contributed by atoms with Gasteiger partial charge < -0.3 is 9.47 Å². The average molecular weight is 240 g/mol. The number of aromatic amines is 1. The first-order valence-corrected chi connectivity index (χ1v) is 4.92. The molecule has 0 aliphatic heterocycles. The third kappa shape index (κ3) is 1.94. The molecule has 1 aromatic carbocycles. The molecule has 2 rings (SSSR count). The number of H-pyrrole nitrogens is 1. The van der Waals surface area contributed by atoms with E-state index in [4.69, 9.17) is 21.1 Å². The van der Waals surface area contributed by atoms with E-state index in [0.717, 1.165) is 5.56 Å². The van der Waals surface area contributed by atoms with E-state index in [1.54, 1.807) is 26.4 Å². The summed E-state index contributed by atoms with van der Waals surface area (Å²) in [6.45, 7) is 0. The number of halogens is 1. The van der Waals surface area contributed by atoms with Crippen molar-refractivity contribution in [1.82, 2.24) is 15.2 Å².